The summed E-state index contributed by atoms with van der Waals surface area (Å²) >= 11 is 1.39. The lowest BCUT2D eigenvalue weighted by molar-refractivity contribution is 0.0687. The lowest BCUT2D eigenvalue weighted by atomic mass is 10.2. The maximum absolute atomic E-state index is 11.4. The zero-order chi connectivity index (χ0) is 14.8. The highest BCUT2D eigenvalue weighted by atomic mass is 32.2. The van der Waals surface area contributed by atoms with E-state index in [0.29, 0.717) is 16.0 Å². The Hall–Kier alpha value is -2.53. The predicted octanol–water partition coefficient (Wildman–Crippen LogP) is 3.83. The molecule has 0 saturated carbocycles. The zero-order valence-electron chi connectivity index (χ0n) is 10.9. The molecule has 104 valence electrons. The van der Waals surface area contributed by atoms with Gasteiger partial charge in [-0.1, -0.05) is 42.1 Å². The van der Waals surface area contributed by atoms with Gasteiger partial charge in [0.15, 0.2) is 0 Å². The van der Waals surface area contributed by atoms with Crippen molar-refractivity contribution in [3.05, 3.63) is 59.8 Å². The third kappa shape index (κ3) is 2.55. The summed E-state index contributed by atoms with van der Waals surface area (Å²) in [5.74, 6) is -1.02. The first kappa shape index (κ1) is 13.5. The van der Waals surface area contributed by atoms with Crippen molar-refractivity contribution in [1.82, 2.24) is 4.98 Å². The molecule has 0 unspecified atom stereocenters. The quantitative estimate of drug-likeness (QED) is 0.718. The highest BCUT2D eigenvalue weighted by Gasteiger charge is 2.18. The third-order valence-electron chi connectivity index (χ3n) is 3.09. The molecule has 4 nitrogen and oxygen atoms in total. The van der Waals surface area contributed by atoms with E-state index in [1.807, 2.05) is 30.3 Å². The van der Waals surface area contributed by atoms with Crippen LogP contribution in [0.15, 0.2) is 58.3 Å². The predicted molar refractivity (Wildman–Crippen MR) is 81.2 cm³/mol. The summed E-state index contributed by atoms with van der Waals surface area (Å²) in [5, 5.41) is 10.2. The molecule has 1 heterocycles. The summed E-state index contributed by atoms with van der Waals surface area (Å²) in [4.78, 5) is 26.7. The summed E-state index contributed by atoms with van der Waals surface area (Å²) in [6.45, 7) is 0. The number of carboxylic acids is 1. The van der Waals surface area contributed by atoms with Crippen molar-refractivity contribution in [2.75, 3.05) is 0 Å². The number of carboxylic acid groups (broad SMARTS) is 1. The molecule has 0 bridgehead atoms. The normalized spacial score (nSPS) is 10.7. The Balaban J connectivity index is 2.16. The first-order chi connectivity index (χ1) is 10.2. The maximum atomic E-state index is 11.4. The van der Waals surface area contributed by atoms with Gasteiger partial charge >= 0.3 is 5.97 Å². The van der Waals surface area contributed by atoms with E-state index in [1.165, 1.54) is 11.8 Å². The number of benzene rings is 2. The molecule has 3 rings (SSSR count). The van der Waals surface area contributed by atoms with Crippen LogP contribution in [0, 0.1) is 0 Å². The van der Waals surface area contributed by atoms with Crippen LogP contribution in [-0.2, 0) is 0 Å². The minimum Gasteiger partial charge on any atom is -0.477 e. The molecule has 3 aromatic rings. The molecule has 21 heavy (non-hydrogen) atoms. The Morgan fingerprint density at radius 2 is 1.90 bits per heavy atom. The molecule has 2 aromatic carbocycles. The van der Waals surface area contributed by atoms with Crippen molar-refractivity contribution >= 4 is 34.9 Å². The number of H-pyrrole nitrogens is 1. The fourth-order valence-corrected chi connectivity index (χ4v) is 3.18. The molecule has 0 saturated heterocycles. The van der Waals surface area contributed by atoms with Crippen LogP contribution in [-0.4, -0.2) is 22.3 Å². The third-order valence-corrected chi connectivity index (χ3v) is 4.22. The van der Waals surface area contributed by atoms with Gasteiger partial charge in [-0.25, -0.2) is 4.79 Å². The first-order valence-electron chi connectivity index (χ1n) is 6.26. The Kier molecular flexibility index (Phi) is 3.50. The van der Waals surface area contributed by atoms with Crippen LogP contribution in [0.4, 0.5) is 0 Å². The number of carbonyl (C=O) groups excluding carboxylic acids is 1. The van der Waals surface area contributed by atoms with Crippen molar-refractivity contribution in [3.63, 3.8) is 0 Å². The molecule has 0 atom stereocenters. The number of aromatic nitrogens is 1. The van der Waals surface area contributed by atoms with Crippen molar-refractivity contribution in [3.8, 4) is 0 Å². The molecular weight excluding hydrogens is 286 g/mol. The summed E-state index contributed by atoms with van der Waals surface area (Å²) in [7, 11) is 0. The average Bonchev–Trinajstić information content (AvgIpc) is 2.86. The monoisotopic (exact) mass is 297 g/mol. The number of aromatic carboxylic acids is 1. The van der Waals surface area contributed by atoms with Crippen LogP contribution in [0.2, 0.25) is 0 Å². The van der Waals surface area contributed by atoms with Crippen molar-refractivity contribution in [1.29, 1.82) is 0 Å². The van der Waals surface area contributed by atoms with Gasteiger partial charge in [-0.3, -0.25) is 4.79 Å². The van der Waals surface area contributed by atoms with Crippen molar-refractivity contribution < 1.29 is 14.7 Å². The standard InChI is InChI=1S/C16H11NO3S/c18-9-10-6-7-12-13(8-10)17-14(16(19)20)15(12)21-11-4-2-1-3-5-11/h1-9,17H,(H,19,20). The number of carbonyl (C=O) groups is 2. The van der Waals surface area contributed by atoms with E-state index < -0.39 is 5.97 Å². The largest absolute Gasteiger partial charge is 0.477 e. The van der Waals surface area contributed by atoms with Crippen molar-refractivity contribution in [2.45, 2.75) is 9.79 Å². The van der Waals surface area contributed by atoms with Gasteiger partial charge in [0, 0.05) is 21.4 Å². The SMILES string of the molecule is O=Cc1ccc2c(Sc3ccccc3)c(C(=O)O)[nH]c2c1. The molecule has 0 amide bonds. The molecule has 0 spiro atoms. The van der Waals surface area contributed by atoms with E-state index in [4.69, 9.17) is 0 Å². The fraction of sp³-hybridized carbons (Fsp3) is 0. The molecule has 0 fully saturated rings. The number of hydrogen-bond donors (Lipinski definition) is 2. The van der Waals surface area contributed by atoms with E-state index in [-0.39, 0.29) is 5.69 Å². The molecule has 0 radical (unpaired) electrons. The van der Waals surface area contributed by atoms with Gasteiger partial charge in [-0.05, 0) is 18.2 Å². The van der Waals surface area contributed by atoms with Crippen LogP contribution < -0.4 is 0 Å². The minimum atomic E-state index is -1.02. The van der Waals surface area contributed by atoms with Crippen LogP contribution in [0.3, 0.4) is 0 Å². The highest BCUT2D eigenvalue weighted by Crippen LogP contribution is 2.36. The van der Waals surface area contributed by atoms with E-state index in [2.05, 4.69) is 4.98 Å². The number of aromatic amines is 1. The van der Waals surface area contributed by atoms with Crippen LogP contribution >= 0.6 is 11.8 Å². The Labute approximate surface area is 124 Å². The van der Waals surface area contributed by atoms with E-state index >= 15 is 0 Å². The maximum Gasteiger partial charge on any atom is 0.353 e. The van der Waals surface area contributed by atoms with Crippen LogP contribution in [0.25, 0.3) is 10.9 Å². The second-order valence-corrected chi connectivity index (χ2v) is 5.56. The van der Waals surface area contributed by atoms with Gasteiger partial charge in [0.25, 0.3) is 0 Å². The molecule has 2 N–H and O–H groups in total. The Bertz CT molecular complexity index is 824. The lowest BCUT2D eigenvalue weighted by Gasteiger charge is -2.02. The summed E-state index contributed by atoms with van der Waals surface area (Å²) < 4.78 is 0. The number of nitrogens with one attached hydrogen (secondary N) is 1. The van der Waals surface area contributed by atoms with Gasteiger partial charge in [0.2, 0.25) is 0 Å². The van der Waals surface area contributed by atoms with Gasteiger partial charge < -0.3 is 10.1 Å². The molecule has 0 aliphatic heterocycles. The average molecular weight is 297 g/mol. The summed E-state index contributed by atoms with van der Waals surface area (Å²) in [5.41, 5.74) is 1.30. The number of fused-ring (bicyclic) bond motifs is 1. The van der Waals surface area contributed by atoms with E-state index in [9.17, 15) is 14.7 Å². The molecule has 0 aliphatic carbocycles. The summed E-state index contributed by atoms with van der Waals surface area (Å²) in [6.07, 6.45) is 0.741. The topological polar surface area (TPSA) is 70.2 Å². The minimum absolute atomic E-state index is 0.141. The lowest BCUT2D eigenvalue weighted by Crippen LogP contribution is -1.97. The Morgan fingerprint density at radius 3 is 2.57 bits per heavy atom. The number of aldehydes is 1. The zero-order valence-corrected chi connectivity index (χ0v) is 11.7. The molecule has 0 aliphatic rings. The number of rotatable bonds is 4. The second-order valence-electron chi connectivity index (χ2n) is 4.47. The fourth-order valence-electron chi connectivity index (χ4n) is 2.13. The Morgan fingerprint density at radius 1 is 1.14 bits per heavy atom. The second kappa shape index (κ2) is 5.46. The highest BCUT2D eigenvalue weighted by molar-refractivity contribution is 7.99. The smallest absolute Gasteiger partial charge is 0.353 e. The van der Waals surface area contributed by atoms with Crippen LogP contribution in [0.1, 0.15) is 20.8 Å². The van der Waals surface area contributed by atoms with Crippen LogP contribution in [0.5, 0.6) is 0 Å². The van der Waals surface area contributed by atoms with Gasteiger partial charge in [0.1, 0.15) is 12.0 Å². The van der Waals surface area contributed by atoms with E-state index in [1.54, 1.807) is 18.2 Å². The first-order valence-corrected chi connectivity index (χ1v) is 7.08. The molecular formula is C16H11NO3S. The number of hydrogen-bond acceptors (Lipinski definition) is 3. The van der Waals surface area contributed by atoms with Gasteiger partial charge in [-0.15, -0.1) is 0 Å². The van der Waals surface area contributed by atoms with Gasteiger partial charge in [-0.2, -0.15) is 0 Å². The van der Waals surface area contributed by atoms with E-state index in [0.717, 1.165) is 16.6 Å². The summed E-state index contributed by atoms with van der Waals surface area (Å²) in [6, 6.07) is 14.7. The molecule has 1 aromatic heterocycles. The molecule has 5 heteroatoms. The van der Waals surface area contributed by atoms with Crippen molar-refractivity contribution in [2.24, 2.45) is 0 Å². The van der Waals surface area contributed by atoms with Gasteiger partial charge in [0.05, 0.1) is 4.90 Å².